The number of halogens is 3. The molecule has 0 saturated heterocycles. The van der Waals surface area contributed by atoms with Gasteiger partial charge in [-0.05, 0) is 41.3 Å². The Morgan fingerprint density at radius 1 is 1.00 bits per heavy atom. The summed E-state index contributed by atoms with van der Waals surface area (Å²) in [4.78, 5) is 14.9. The van der Waals surface area contributed by atoms with E-state index in [0.29, 0.717) is 24.4 Å². The monoisotopic (exact) mass is 481 g/mol. The number of rotatable bonds is 8. The number of nitrogens with one attached hydrogen (secondary N) is 1. The zero-order chi connectivity index (χ0) is 24.8. The first-order valence-corrected chi connectivity index (χ1v) is 11.2. The quantitative estimate of drug-likeness (QED) is 0.317. The molecule has 3 aromatic carbocycles. The molecular weight excluding hydrogens is 455 g/mol. The second kappa shape index (κ2) is 10.7. The minimum absolute atomic E-state index is 0.259. The Morgan fingerprint density at radius 2 is 1.77 bits per heavy atom. The van der Waals surface area contributed by atoms with E-state index in [0.717, 1.165) is 28.6 Å². The lowest BCUT2D eigenvalue weighted by Crippen LogP contribution is -2.37. The standard InChI is InChI=1S/C27H26F3N3O2/c1-35-16-15-33(26(34)31-25-13-5-9-21-8-2-3-12-24(21)25)19-23-11-6-14-32(23)18-20-7-4-10-22(17-20)27(28,29)30/h2-14,17H,15-16,18-19H2,1H3,(H,31,34). The Bertz CT molecular complexity index is 1290. The van der Waals surface area contributed by atoms with Crippen molar-refractivity contribution in [3.63, 3.8) is 0 Å². The molecule has 0 aliphatic carbocycles. The van der Waals surface area contributed by atoms with Crippen LogP contribution in [0.25, 0.3) is 10.8 Å². The van der Waals surface area contributed by atoms with Crippen molar-refractivity contribution in [2.75, 3.05) is 25.6 Å². The van der Waals surface area contributed by atoms with Gasteiger partial charge in [-0.3, -0.25) is 0 Å². The molecular formula is C27H26F3N3O2. The first-order chi connectivity index (χ1) is 16.8. The summed E-state index contributed by atoms with van der Waals surface area (Å²) in [6.07, 6.45) is -2.60. The largest absolute Gasteiger partial charge is 0.416 e. The van der Waals surface area contributed by atoms with Gasteiger partial charge >= 0.3 is 12.2 Å². The van der Waals surface area contributed by atoms with Crippen molar-refractivity contribution < 1.29 is 22.7 Å². The predicted octanol–water partition coefficient (Wildman–Crippen LogP) is 6.39. The number of fused-ring (bicyclic) bond motifs is 1. The second-order valence-corrected chi connectivity index (χ2v) is 8.20. The Labute approximate surface area is 201 Å². The maximum atomic E-state index is 13.2. The van der Waals surface area contributed by atoms with Crippen molar-refractivity contribution in [3.05, 3.63) is 102 Å². The van der Waals surface area contributed by atoms with E-state index >= 15 is 0 Å². The molecule has 4 aromatic rings. The van der Waals surface area contributed by atoms with Crippen LogP contribution >= 0.6 is 0 Å². The lowest BCUT2D eigenvalue weighted by Gasteiger charge is -2.24. The number of carbonyl (C=O) groups excluding carboxylic acids is 1. The van der Waals surface area contributed by atoms with Gasteiger partial charge in [0.1, 0.15) is 0 Å². The molecule has 1 heterocycles. The summed E-state index contributed by atoms with van der Waals surface area (Å²) in [5.41, 5.74) is 1.35. The highest BCUT2D eigenvalue weighted by atomic mass is 19.4. The van der Waals surface area contributed by atoms with Crippen LogP contribution in [0.15, 0.2) is 85.1 Å². The van der Waals surface area contributed by atoms with Gasteiger partial charge in [-0.2, -0.15) is 13.2 Å². The van der Waals surface area contributed by atoms with E-state index in [1.807, 2.05) is 59.2 Å². The molecule has 1 N–H and O–H groups in total. The number of nitrogens with zero attached hydrogens (tertiary/aromatic N) is 2. The number of hydrogen-bond donors (Lipinski definition) is 1. The van der Waals surface area contributed by atoms with Crippen LogP contribution in [0.2, 0.25) is 0 Å². The molecule has 0 saturated carbocycles. The zero-order valence-electron chi connectivity index (χ0n) is 19.3. The fourth-order valence-corrected chi connectivity index (χ4v) is 3.97. The maximum Gasteiger partial charge on any atom is 0.416 e. The van der Waals surface area contributed by atoms with Gasteiger partial charge in [0.05, 0.1) is 24.4 Å². The van der Waals surface area contributed by atoms with E-state index in [2.05, 4.69) is 5.32 Å². The molecule has 0 spiro atoms. The molecule has 0 radical (unpaired) electrons. The van der Waals surface area contributed by atoms with Crippen LogP contribution in [0.5, 0.6) is 0 Å². The molecule has 4 rings (SSSR count). The van der Waals surface area contributed by atoms with Gasteiger partial charge in [-0.25, -0.2) is 4.79 Å². The van der Waals surface area contributed by atoms with Crippen molar-refractivity contribution in [2.45, 2.75) is 19.3 Å². The predicted molar refractivity (Wildman–Crippen MR) is 130 cm³/mol. The summed E-state index contributed by atoms with van der Waals surface area (Å²) in [6, 6.07) is 22.2. The molecule has 0 atom stereocenters. The van der Waals surface area contributed by atoms with Gasteiger partial charge in [0.2, 0.25) is 0 Å². The van der Waals surface area contributed by atoms with E-state index in [-0.39, 0.29) is 19.1 Å². The SMILES string of the molecule is COCCN(Cc1cccn1Cc1cccc(C(F)(F)F)c1)C(=O)Nc1cccc2ccccc12. The van der Waals surface area contributed by atoms with Gasteiger partial charge < -0.3 is 19.5 Å². The Hall–Kier alpha value is -3.78. The van der Waals surface area contributed by atoms with Crippen molar-refractivity contribution in [2.24, 2.45) is 0 Å². The Balaban J connectivity index is 1.53. The number of alkyl halides is 3. The van der Waals surface area contributed by atoms with E-state index in [9.17, 15) is 18.0 Å². The molecule has 2 amide bonds. The summed E-state index contributed by atoms with van der Waals surface area (Å²) in [7, 11) is 1.57. The van der Waals surface area contributed by atoms with Crippen LogP contribution in [0.4, 0.5) is 23.7 Å². The van der Waals surface area contributed by atoms with Crippen molar-refractivity contribution in [3.8, 4) is 0 Å². The zero-order valence-corrected chi connectivity index (χ0v) is 19.3. The van der Waals surface area contributed by atoms with Crippen molar-refractivity contribution in [1.82, 2.24) is 9.47 Å². The van der Waals surface area contributed by atoms with Crippen LogP contribution in [-0.4, -0.2) is 35.8 Å². The fraction of sp³-hybridized carbons (Fsp3) is 0.222. The molecule has 8 heteroatoms. The Morgan fingerprint density at radius 3 is 2.57 bits per heavy atom. The molecule has 1 aromatic heterocycles. The van der Waals surface area contributed by atoms with Crippen LogP contribution in [0.3, 0.4) is 0 Å². The molecule has 0 unspecified atom stereocenters. The highest BCUT2D eigenvalue weighted by Gasteiger charge is 2.30. The van der Waals surface area contributed by atoms with Gasteiger partial charge in [0, 0.05) is 37.5 Å². The molecule has 0 aliphatic heterocycles. The third kappa shape index (κ3) is 6.02. The van der Waals surface area contributed by atoms with Crippen LogP contribution in [0, 0.1) is 0 Å². The number of amides is 2. The average molecular weight is 482 g/mol. The minimum atomic E-state index is -4.40. The number of carbonyl (C=O) groups is 1. The third-order valence-corrected chi connectivity index (χ3v) is 5.77. The highest BCUT2D eigenvalue weighted by molar-refractivity contribution is 6.01. The van der Waals surface area contributed by atoms with E-state index < -0.39 is 11.7 Å². The molecule has 35 heavy (non-hydrogen) atoms. The summed E-state index contributed by atoms with van der Waals surface area (Å²) >= 11 is 0. The van der Waals surface area contributed by atoms with E-state index in [1.54, 1.807) is 24.3 Å². The topological polar surface area (TPSA) is 46.5 Å². The molecule has 5 nitrogen and oxygen atoms in total. The van der Waals surface area contributed by atoms with Gasteiger partial charge in [-0.1, -0.05) is 48.5 Å². The lowest BCUT2D eigenvalue weighted by atomic mass is 10.1. The lowest BCUT2D eigenvalue weighted by molar-refractivity contribution is -0.137. The maximum absolute atomic E-state index is 13.2. The summed E-state index contributed by atoms with van der Waals surface area (Å²) in [5, 5.41) is 4.95. The fourth-order valence-electron chi connectivity index (χ4n) is 3.97. The average Bonchev–Trinajstić information content (AvgIpc) is 3.28. The van der Waals surface area contributed by atoms with E-state index in [4.69, 9.17) is 4.74 Å². The first-order valence-electron chi connectivity index (χ1n) is 11.2. The number of methoxy groups -OCH3 is 1. The van der Waals surface area contributed by atoms with Gasteiger partial charge in [-0.15, -0.1) is 0 Å². The molecule has 182 valence electrons. The van der Waals surface area contributed by atoms with Crippen LogP contribution in [0.1, 0.15) is 16.8 Å². The van der Waals surface area contributed by atoms with Gasteiger partial charge in [0.15, 0.2) is 0 Å². The van der Waals surface area contributed by atoms with Gasteiger partial charge in [0.25, 0.3) is 0 Å². The smallest absolute Gasteiger partial charge is 0.383 e. The van der Waals surface area contributed by atoms with E-state index in [1.165, 1.54) is 6.07 Å². The summed E-state index contributed by atoms with van der Waals surface area (Å²) in [5.74, 6) is 0. The summed E-state index contributed by atoms with van der Waals surface area (Å²) < 4.78 is 46.4. The second-order valence-electron chi connectivity index (χ2n) is 8.20. The molecule has 0 aliphatic rings. The number of anilines is 1. The minimum Gasteiger partial charge on any atom is -0.383 e. The number of hydrogen-bond acceptors (Lipinski definition) is 2. The molecule has 0 fully saturated rings. The van der Waals surface area contributed by atoms with Crippen molar-refractivity contribution >= 4 is 22.5 Å². The van der Waals surface area contributed by atoms with Crippen molar-refractivity contribution in [1.29, 1.82) is 0 Å². The highest BCUT2D eigenvalue weighted by Crippen LogP contribution is 2.30. The van der Waals surface area contributed by atoms with Crippen LogP contribution < -0.4 is 5.32 Å². The third-order valence-electron chi connectivity index (χ3n) is 5.77. The number of ether oxygens (including phenoxy) is 1. The number of aromatic nitrogens is 1. The Kier molecular flexibility index (Phi) is 7.41. The molecule has 0 bridgehead atoms. The summed E-state index contributed by atoms with van der Waals surface area (Å²) in [6.45, 7) is 1.22. The first kappa shape index (κ1) is 24.3. The number of urea groups is 1. The normalized spacial score (nSPS) is 11.5. The van der Waals surface area contributed by atoms with Crippen LogP contribution in [-0.2, 0) is 24.0 Å². The number of benzene rings is 3.